The van der Waals surface area contributed by atoms with E-state index in [0.717, 1.165) is 5.56 Å². The van der Waals surface area contributed by atoms with E-state index in [0.29, 0.717) is 23.6 Å². The van der Waals surface area contributed by atoms with Crippen molar-refractivity contribution in [2.75, 3.05) is 11.9 Å². The van der Waals surface area contributed by atoms with Crippen LogP contribution in [0.25, 0.3) is 0 Å². The molecule has 82 valence electrons. The van der Waals surface area contributed by atoms with E-state index in [9.17, 15) is 4.79 Å². The number of nitrogens with one attached hydrogen (secondary N) is 1. The Kier molecular flexibility index (Phi) is 4.59. The van der Waals surface area contributed by atoms with Gasteiger partial charge in [-0.1, -0.05) is 17.7 Å². The van der Waals surface area contributed by atoms with Crippen molar-refractivity contribution < 1.29 is 9.90 Å². The summed E-state index contributed by atoms with van der Waals surface area (Å²) in [7, 11) is 0. The first-order chi connectivity index (χ1) is 7.13. The van der Waals surface area contributed by atoms with E-state index in [1.165, 1.54) is 0 Å². The molecule has 0 aliphatic carbocycles. The fourth-order valence-electron chi connectivity index (χ4n) is 1.19. The van der Waals surface area contributed by atoms with Gasteiger partial charge in [0.1, 0.15) is 0 Å². The molecule has 0 saturated heterocycles. The molecule has 0 spiro atoms. The summed E-state index contributed by atoms with van der Waals surface area (Å²) in [5.74, 6) is -0.128. The molecule has 0 aromatic heterocycles. The second-order valence-corrected chi connectivity index (χ2v) is 3.77. The van der Waals surface area contributed by atoms with Crippen molar-refractivity contribution in [3.8, 4) is 0 Å². The van der Waals surface area contributed by atoms with Gasteiger partial charge in [0.05, 0.1) is 10.7 Å². The minimum atomic E-state index is -0.128. The van der Waals surface area contributed by atoms with Crippen molar-refractivity contribution in [3.63, 3.8) is 0 Å². The van der Waals surface area contributed by atoms with Crippen molar-refractivity contribution >= 4 is 23.2 Å². The number of aliphatic hydroxyl groups is 1. The summed E-state index contributed by atoms with van der Waals surface area (Å²) in [5, 5.41) is 11.8. The van der Waals surface area contributed by atoms with E-state index < -0.39 is 0 Å². The van der Waals surface area contributed by atoms with E-state index in [2.05, 4.69) is 5.32 Å². The minimum Gasteiger partial charge on any atom is -0.396 e. The van der Waals surface area contributed by atoms with E-state index in [1.807, 2.05) is 19.1 Å². The third-order valence-electron chi connectivity index (χ3n) is 1.96. The zero-order valence-electron chi connectivity index (χ0n) is 8.59. The van der Waals surface area contributed by atoms with E-state index in [4.69, 9.17) is 16.7 Å². The number of halogens is 1. The molecule has 2 N–H and O–H groups in total. The molecule has 4 heteroatoms. The standard InChI is InChI=1S/C11H14ClNO2/c1-8-4-5-9(12)10(7-8)13-11(15)3-2-6-14/h4-5,7,14H,2-3,6H2,1H3,(H,13,15). The average Bonchev–Trinajstić information content (AvgIpc) is 2.20. The number of amides is 1. The van der Waals surface area contributed by atoms with Crippen LogP contribution in [0.15, 0.2) is 18.2 Å². The fourth-order valence-corrected chi connectivity index (χ4v) is 1.35. The van der Waals surface area contributed by atoms with Crippen LogP contribution >= 0.6 is 11.6 Å². The van der Waals surface area contributed by atoms with Gasteiger partial charge in [-0.15, -0.1) is 0 Å². The van der Waals surface area contributed by atoms with Gasteiger partial charge in [-0.05, 0) is 31.0 Å². The maximum atomic E-state index is 11.4. The van der Waals surface area contributed by atoms with Crippen LogP contribution in [0.2, 0.25) is 5.02 Å². The SMILES string of the molecule is Cc1ccc(Cl)c(NC(=O)CCCO)c1. The number of hydrogen-bond donors (Lipinski definition) is 2. The zero-order valence-corrected chi connectivity index (χ0v) is 9.34. The smallest absolute Gasteiger partial charge is 0.224 e. The predicted molar refractivity (Wildman–Crippen MR) is 61.1 cm³/mol. The average molecular weight is 228 g/mol. The van der Waals surface area contributed by atoms with Gasteiger partial charge in [-0.25, -0.2) is 0 Å². The molecular formula is C11H14ClNO2. The van der Waals surface area contributed by atoms with Gasteiger partial charge in [0.15, 0.2) is 0 Å². The first kappa shape index (κ1) is 12.0. The number of carbonyl (C=O) groups excluding carboxylic acids is 1. The van der Waals surface area contributed by atoms with Crippen LogP contribution in [0.3, 0.4) is 0 Å². The Morgan fingerprint density at radius 1 is 1.53 bits per heavy atom. The third-order valence-corrected chi connectivity index (χ3v) is 2.29. The second kappa shape index (κ2) is 5.73. The third kappa shape index (κ3) is 3.90. The summed E-state index contributed by atoms with van der Waals surface area (Å²) in [6.45, 7) is 1.95. The van der Waals surface area contributed by atoms with Crippen LogP contribution < -0.4 is 5.32 Å². The zero-order chi connectivity index (χ0) is 11.3. The number of anilines is 1. The van der Waals surface area contributed by atoms with E-state index >= 15 is 0 Å². The molecule has 0 bridgehead atoms. The first-order valence-corrected chi connectivity index (χ1v) is 5.18. The van der Waals surface area contributed by atoms with Crippen molar-refractivity contribution in [1.29, 1.82) is 0 Å². The number of benzene rings is 1. The van der Waals surface area contributed by atoms with Crippen molar-refractivity contribution in [1.82, 2.24) is 0 Å². The molecule has 1 rings (SSSR count). The van der Waals surface area contributed by atoms with Gasteiger partial charge in [0.2, 0.25) is 5.91 Å². The number of rotatable bonds is 4. The number of aliphatic hydroxyl groups excluding tert-OH is 1. The summed E-state index contributed by atoms with van der Waals surface area (Å²) in [6.07, 6.45) is 0.774. The first-order valence-electron chi connectivity index (χ1n) is 4.80. The van der Waals surface area contributed by atoms with Crippen LogP contribution in [0, 0.1) is 6.92 Å². The summed E-state index contributed by atoms with van der Waals surface area (Å²) < 4.78 is 0. The molecule has 0 saturated carbocycles. The lowest BCUT2D eigenvalue weighted by molar-refractivity contribution is -0.116. The Balaban J connectivity index is 2.63. The minimum absolute atomic E-state index is 0.0228. The molecule has 1 amide bonds. The molecule has 0 atom stereocenters. The largest absolute Gasteiger partial charge is 0.396 e. The van der Waals surface area contributed by atoms with Crippen molar-refractivity contribution in [2.24, 2.45) is 0 Å². The Bertz CT molecular complexity index is 352. The molecule has 0 aliphatic rings. The molecule has 3 nitrogen and oxygen atoms in total. The van der Waals surface area contributed by atoms with Gasteiger partial charge in [-0.2, -0.15) is 0 Å². The van der Waals surface area contributed by atoms with Crippen LogP contribution in [-0.4, -0.2) is 17.6 Å². The fraction of sp³-hybridized carbons (Fsp3) is 0.364. The van der Waals surface area contributed by atoms with E-state index in [1.54, 1.807) is 6.07 Å². The summed E-state index contributed by atoms with van der Waals surface area (Å²) in [5.41, 5.74) is 1.66. The Hall–Kier alpha value is -1.06. The topological polar surface area (TPSA) is 49.3 Å². The Morgan fingerprint density at radius 3 is 2.93 bits per heavy atom. The van der Waals surface area contributed by atoms with Crippen molar-refractivity contribution in [2.45, 2.75) is 19.8 Å². The molecule has 15 heavy (non-hydrogen) atoms. The van der Waals surface area contributed by atoms with Crippen molar-refractivity contribution in [3.05, 3.63) is 28.8 Å². The number of aryl methyl sites for hydroxylation is 1. The van der Waals surface area contributed by atoms with Gasteiger partial charge in [-0.3, -0.25) is 4.79 Å². The van der Waals surface area contributed by atoms with Crippen LogP contribution in [0.4, 0.5) is 5.69 Å². The lowest BCUT2D eigenvalue weighted by atomic mass is 10.2. The van der Waals surface area contributed by atoms with Crippen LogP contribution in [0.5, 0.6) is 0 Å². The second-order valence-electron chi connectivity index (χ2n) is 3.36. The van der Waals surface area contributed by atoms with Crippen LogP contribution in [0.1, 0.15) is 18.4 Å². The molecule has 0 aliphatic heterocycles. The molecular weight excluding hydrogens is 214 g/mol. The lowest BCUT2D eigenvalue weighted by Crippen LogP contribution is -2.12. The van der Waals surface area contributed by atoms with E-state index in [-0.39, 0.29) is 12.5 Å². The van der Waals surface area contributed by atoms with Gasteiger partial charge < -0.3 is 10.4 Å². The molecule has 0 radical (unpaired) electrons. The monoisotopic (exact) mass is 227 g/mol. The maximum absolute atomic E-state index is 11.4. The summed E-state index contributed by atoms with van der Waals surface area (Å²) >= 11 is 5.91. The quantitative estimate of drug-likeness (QED) is 0.830. The lowest BCUT2D eigenvalue weighted by Gasteiger charge is -2.07. The highest BCUT2D eigenvalue weighted by molar-refractivity contribution is 6.33. The molecule has 1 aromatic rings. The molecule has 1 aromatic carbocycles. The Morgan fingerprint density at radius 2 is 2.27 bits per heavy atom. The number of carbonyl (C=O) groups is 1. The maximum Gasteiger partial charge on any atom is 0.224 e. The molecule has 0 unspecified atom stereocenters. The highest BCUT2D eigenvalue weighted by Crippen LogP contribution is 2.22. The summed E-state index contributed by atoms with van der Waals surface area (Å²) in [6, 6.07) is 5.45. The van der Waals surface area contributed by atoms with Gasteiger partial charge in [0.25, 0.3) is 0 Å². The molecule has 0 fully saturated rings. The summed E-state index contributed by atoms with van der Waals surface area (Å²) in [4.78, 5) is 11.4. The normalized spacial score (nSPS) is 10.1. The van der Waals surface area contributed by atoms with Gasteiger partial charge in [0, 0.05) is 13.0 Å². The molecule has 0 heterocycles. The van der Waals surface area contributed by atoms with Crippen LogP contribution in [-0.2, 0) is 4.79 Å². The highest BCUT2D eigenvalue weighted by atomic mass is 35.5. The Labute approximate surface area is 94.1 Å². The number of hydrogen-bond acceptors (Lipinski definition) is 2. The van der Waals surface area contributed by atoms with Gasteiger partial charge >= 0.3 is 0 Å². The highest BCUT2D eigenvalue weighted by Gasteiger charge is 2.05. The predicted octanol–water partition coefficient (Wildman–Crippen LogP) is 2.36.